The zero-order chi connectivity index (χ0) is 22.0. The fourth-order valence-corrected chi connectivity index (χ4v) is 3.91. The molecule has 0 aromatic carbocycles. The van der Waals surface area contributed by atoms with Gasteiger partial charge in [0.1, 0.15) is 24.0 Å². The van der Waals surface area contributed by atoms with Gasteiger partial charge in [-0.05, 0) is 26.7 Å². The number of anilines is 1. The highest BCUT2D eigenvalue weighted by atomic mass is 16.5. The number of aryl methyl sites for hydroxylation is 2. The number of carbonyl (C=O) groups is 1. The number of carbonyl (C=O) groups excluding carboxylic acids is 1. The Bertz CT molecular complexity index is 1070. The van der Waals surface area contributed by atoms with E-state index < -0.39 is 6.04 Å². The standard InChI is InChI=1S/C21H28N8O2/c1-5-16(21(30)28-8-7-15(11-28)31-4)26-18-17-20(25-12-24-18)29(6-2)19(27-17)14-9-22-13(3)23-10-14/h9-10,12,15-16H,5-8,11H2,1-4H3,(H,24,25,26)/t15-,16-/m0/s1. The molecule has 31 heavy (non-hydrogen) atoms. The molecule has 0 saturated carbocycles. The number of fused-ring (bicyclic) bond motifs is 1. The number of rotatable bonds is 7. The molecule has 0 unspecified atom stereocenters. The molecule has 2 atom stereocenters. The molecule has 4 heterocycles. The number of methoxy groups -OCH3 is 1. The maximum Gasteiger partial charge on any atom is 0.245 e. The molecule has 164 valence electrons. The van der Waals surface area contributed by atoms with E-state index in [2.05, 4.69) is 25.3 Å². The quantitative estimate of drug-likeness (QED) is 0.613. The third-order valence-corrected chi connectivity index (χ3v) is 5.69. The lowest BCUT2D eigenvalue weighted by Crippen LogP contribution is -2.42. The van der Waals surface area contributed by atoms with Crippen molar-refractivity contribution in [3.8, 4) is 11.4 Å². The Morgan fingerprint density at radius 1 is 1.26 bits per heavy atom. The molecule has 0 bridgehead atoms. The highest BCUT2D eigenvalue weighted by Gasteiger charge is 2.31. The van der Waals surface area contributed by atoms with Crippen LogP contribution in [-0.4, -0.2) is 72.6 Å². The second-order valence-electron chi connectivity index (χ2n) is 7.63. The molecule has 10 nitrogen and oxygen atoms in total. The van der Waals surface area contributed by atoms with Crippen molar-refractivity contribution in [3.63, 3.8) is 0 Å². The fraction of sp³-hybridized carbons (Fsp3) is 0.524. The Balaban J connectivity index is 1.66. The Labute approximate surface area is 181 Å². The predicted molar refractivity (Wildman–Crippen MR) is 116 cm³/mol. The van der Waals surface area contributed by atoms with Crippen molar-refractivity contribution in [2.24, 2.45) is 0 Å². The second kappa shape index (κ2) is 8.93. The molecule has 3 aromatic rings. The van der Waals surface area contributed by atoms with Gasteiger partial charge in [-0.3, -0.25) is 4.79 Å². The van der Waals surface area contributed by atoms with Crippen LogP contribution in [0.25, 0.3) is 22.6 Å². The first-order valence-corrected chi connectivity index (χ1v) is 10.6. The molecular formula is C21H28N8O2. The first-order chi connectivity index (χ1) is 15.0. The van der Waals surface area contributed by atoms with E-state index in [1.165, 1.54) is 6.33 Å². The van der Waals surface area contributed by atoms with E-state index in [0.717, 1.165) is 17.8 Å². The Hall–Kier alpha value is -3.14. The number of imidazole rings is 1. The summed E-state index contributed by atoms with van der Waals surface area (Å²) in [6.07, 6.45) is 6.61. The van der Waals surface area contributed by atoms with Crippen molar-refractivity contribution < 1.29 is 9.53 Å². The molecule has 1 fully saturated rings. The smallest absolute Gasteiger partial charge is 0.245 e. The average Bonchev–Trinajstić information content (AvgIpc) is 3.42. The number of amides is 1. The molecule has 0 aliphatic carbocycles. The van der Waals surface area contributed by atoms with Gasteiger partial charge in [-0.25, -0.2) is 24.9 Å². The lowest BCUT2D eigenvalue weighted by atomic mass is 10.2. The van der Waals surface area contributed by atoms with Crippen LogP contribution in [0.4, 0.5) is 5.82 Å². The van der Waals surface area contributed by atoms with E-state index in [9.17, 15) is 4.79 Å². The van der Waals surface area contributed by atoms with Crippen molar-refractivity contribution in [1.29, 1.82) is 0 Å². The number of hydrogen-bond acceptors (Lipinski definition) is 8. The Morgan fingerprint density at radius 2 is 2.03 bits per heavy atom. The number of ether oxygens (including phenoxy) is 1. The first-order valence-electron chi connectivity index (χ1n) is 10.6. The van der Waals surface area contributed by atoms with Crippen molar-refractivity contribution in [1.82, 2.24) is 34.4 Å². The van der Waals surface area contributed by atoms with E-state index >= 15 is 0 Å². The Kier molecular flexibility index (Phi) is 6.08. The van der Waals surface area contributed by atoms with Gasteiger partial charge < -0.3 is 19.5 Å². The summed E-state index contributed by atoms with van der Waals surface area (Å²) >= 11 is 0. The summed E-state index contributed by atoms with van der Waals surface area (Å²) in [6, 6.07) is -0.397. The van der Waals surface area contributed by atoms with Gasteiger partial charge in [-0.2, -0.15) is 0 Å². The van der Waals surface area contributed by atoms with Crippen LogP contribution in [0.3, 0.4) is 0 Å². The van der Waals surface area contributed by atoms with Gasteiger partial charge in [0.15, 0.2) is 17.0 Å². The minimum atomic E-state index is -0.397. The lowest BCUT2D eigenvalue weighted by molar-refractivity contribution is -0.131. The topological polar surface area (TPSA) is 111 Å². The summed E-state index contributed by atoms with van der Waals surface area (Å²) in [5.74, 6) is 2.03. The highest BCUT2D eigenvalue weighted by Crippen LogP contribution is 2.27. The van der Waals surface area contributed by atoms with E-state index in [0.29, 0.717) is 48.9 Å². The maximum absolute atomic E-state index is 13.1. The largest absolute Gasteiger partial charge is 0.380 e. The average molecular weight is 425 g/mol. The van der Waals surface area contributed by atoms with E-state index in [4.69, 9.17) is 9.72 Å². The minimum absolute atomic E-state index is 0.0518. The van der Waals surface area contributed by atoms with E-state index in [1.54, 1.807) is 19.5 Å². The maximum atomic E-state index is 13.1. The third-order valence-electron chi connectivity index (χ3n) is 5.69. The van der Waals surface area contributed by atoms with Gasteiger partial charge in [0.05, 0.1) is 11.7 Å². The van der Waals surface area contributed by atoms with Gasteiger partial charge in [0.2, 0.25) is 5.91 Å². The van der Waals surface area contributed by atoms with Crippen LogP contribution in [0.1, 0.15) is 32.5 Å². The number of hydrogen-bond donors (Lipinski definition) is 1. The van der Waals surface area contributed by atoms with Crippen LogP contribution < -0.4 is 5.32 Å². The van der Waals surface area contributed by atoms with Crippen molar-refractivity contribution in [3.05, 3.63) is 24.5 Å². The van der Waals surface area contributed by atoms with Crippen molar-refractivity contribution in [2.45, 2.75) is 52.3 Å². The highest BCUT2D eigenvalue weighted by molar-refractivity contribution is 5.90. The van der Waals surface area contributed by atoms with Crippen LogP contribution in [-0.2, 0) is 16.1 Å². The second-order valence-corrected chi connectivity index (χ2v) is 7.63. The number of nitrogens with one attached hydrogen (secondary N) is 1. The molecule has 0 spiro atoms. The molecule has 1 N–H and O–H groups in total. The van der Waals surface area contributed by atoms with Gasteiger partial charge >= 0.3 is 0 Å². The van der Waals surface area contributed by atoms with Crippen LogP contribution in [0.15, 0.2) is 18.7 Å². The lowest BCUT2D eigenvalue weighted by Gasteiger charge is -2.23. The molecule has 0 radical (unpaired) electrons. The third kappa shape index (κ3) is 4.07. The summed E-state index contributed by atoms with van der Waals surface area (Å²) in [7, 11) is 1.69. The zero-order valence-electron chi connectivity index (χ0n) is 18.4. The van der Waals surface area contributed by atoms with E-state index in [-0.39, 0.29) is 12.0 Å². The van der Waals surface area contributed by atoms with Gasteiger partial charge in [0.25, 0.3) is 0 Å². The summed E-state index contributed by atoms with van der Waals surface area (Å²) in [4.78, 5) is 37.2. The van der Waals surface area contributed by atoms with Crippen molar-refractivity contribution >= 4 is 22.9 Å². The van der Waals surface area contributed by atoms with E-state index in [1.807, 2.05) is 30.2 Å². The number of aromatic nitrogens is 6. The predicted octanol–water partition coefficient (Wildman–Crippen LogP) is 2.05. The first kappa shape index (κ1) is 21.1. The molecule has 1 aliphatic heterocycles. The fourth-order valence-electron chi connectivity index (χ4n) is 3.91. The minimum Gasteiger partial charge on any atom is -0.380 e. The normalized spacial score (nSPS) is 17.3. The molecule has 1 aliphatic rings. The van der Waals surface area contributed by atoms with Crippen LogP contribution >= 0.6 is 0 Å². The monoisotopic (exact) mass is 424 g/mol. The molecule has 10 heteroatoms. The van der Waals surface area contributed by atoms with Crippen LogP contribution in [0.2, 0.25) is 0 Å². The summed E-state index contributed by atoms with van der Waals surface area (Å²) < 4.78 is 7.40. The van der Waals surface area contributed by atoms with Gasteiger partial charge in [0, 0.05) is 39.1 Å². The number of nitrogens with zero attached hydrogens (tertiary/aromatic N) is 7. The zero-order valence-corrected chi connectivity index (χ0v) is 18.4. The molecule has 3 aromatic heterocycles. The summed E-state index contributed by atoms with van der Waals surface area (Å²) in [5.41, 5.74) is 2.14. The SMILES string of the molecule is CC[C@H](Nc1ncnc2c1nc(-c1cnc(C)nc1)n2CC)C(=O)N1CC[C@H](OC)C1. The Morgan fingerprint density at radius 3 is 2.68 bits per heavy atom. The molecule has 1 saturated heterocycles. The number of likely N-dealkylation sites (tertiary alicyclic amines) is 1. The summed E-state index contributed by atoms with van der Waals surface area (Å²) in [6.45, 7) is 7.87. The molecule has 1 amide bonds. The van der Waals surface area contributed by atoms with Gasteiger partial charge in [-0.1, -0.05) is 6.92 Å². The van der Waals surface area contributed by atoms with Crippen molar-refractivity contribution in [2.75, 3.05) is 25.5 Å². The molecule has 4 rings (SSSR count). The summed E-state index contributed by atoms with van der Waals surface area (Å²) in [5, 5.41) is 3.32. The van der Waals surface area contributed by atoms with Crippen LogP contribution in [0, 0.1) is 6.92 Å². The van der Waals surface area contributed by atoms with Crippen LogP contribution in [0.5, 0.6) is 0 Å². The van der Waals surface area contributed by atoms with Gasteiger partial charge in [-0.15, -0.1) is 0 Å². The molecular weight excluding hydrogens is 396 g/mol.